The van der Waals surface area contributed by atoms with E-state index >= 15 is 0 Å². The van der Waals surface area contributed by atoms with Crippen LogP contribution >= 0.6 is 15.9 Å². The molecule has 0 amide bonds. The van der Waals surface area contributed by atoms with Gasteiger partial charge in [-0.2, -0.15) is 0 Å². The van der Waals surface area contributed by atoms with Crippen molar-refractivity contribution in [2.45, 2.75) is 13.2 Å². The van der Waals surface area contributed by atoms with Crippen LogP contribution in [0.4, 0.5) is 5.69 Å². The van der Waals surface area contributed by atoms with Gasteiger partial charge in [0, 0.05) is 22.3 Å². The summed E-state index contributed by atoms with van der Waals surface area (Å²) in [6.07, 6.45) is 0. The van der Waals surface area contributed by atoms with Gasteiger partial charge < -0.3 is 10.1 Å². The monoisotopic (exact) mass is 367 g/mol. The Bertz CT molecular complexity index is 741. The fraction of sp³-hybridized carbons (Fsp3) is 0.100. The van der Waals surface area contributed by atoms with Crippen molar-refractivity contribution in [1.29, 1.82) is 0 Å². The van der Waals surface area contributed by atoms with Crippen molar-refractivity contribution in [3.05, 3.63) is 94.5 Å². The number of benzene rings is 3. The van der Waals surface area contributed by atoms with E-state index in [0.29, 0.717) is 6.61 Å². The minimum Gasteiger partial charge on any atom is -0.489 e. The van der Waals surface area contributed by atoms with Gasteiger partial charge in [-0.3, -0.25) is 0 Å². The maximum absolute atomic E-state index is 5.98. The molecule has 3 rings (SSSR count). The van der Waals surface area contributed by atoms with Crippen LogP contribution in [0.1, 0.15) is 11.1 Å². The van der Waals surface area contributed by atoms with Gasteiger partial charge in [-0.25, -0.2) is 0 Å². The third-order valence-electron chi connectivity index (χ3n) is 3.54. The second kappa shape index (κ2) is 7.84. The molecular formula is C20H18BrNO. The summed E-state index contributed by atoms with van der Waals surface area (Å²) in [4.78, 5) is 0. The average Bonchev–Trinajstić information content (AvgIpc) is 2.61. The molecule has 2 nitrogen and oxygen atoms in total. The lowest BCUT2D eigenvalue weighted by Crippen LogP contribution is -2.03. The number of hydrogen-bond acceptors (Lipinski definition) is 2. The zero-order valence-electron chi connectivity index (χ0n) is 12.7. The van der Waals surface area contributed by atoms with Gasteiger partial charge in [0.1, 0.15) is 12.4 Å². The lowest BCUT2D eigenvalue weighted by atomic mass is 10.2. The molecule has 1 N–H and O–H groups in total. The molecule has 0 aliphatic carbocycles. The topological polar surface area (TPSA) is 21.3 Å². The first-order valence-electron chi connectivity index (χ1n) is 7.55. The average molecular weight is 368 g/mol. The summed E-state index contributed by atoms with van der Waals surface area (Å²) < 4.78 is 7.06. The predicted octanol–water partition coefficient (Wildman–Crippen LogP) is 5.64. The molecule has 3 aromatic carbocycles. The fourth-order valence-corrected chi connectivity index (χ4v) is 2.56. The highest BCUT2D eigenvalue weighted by atomic mass is 79.9. The molecular weight excluding hydrogens is 350 g/mol. The fourth-order valence-electron chi connectivity index (χ4n) is 2.29. The second-order valence-corrected chi connectivity index (χ2v) is 6.16. The Morgan fingerprint density at radius 1 is 0.783 bits per heavy atom. The van der Waals surface area contributed by atoms with Crippen molar-refractivity contribution >= 4 is 21.6 Å². The largest absolute Gasteiger partial charge is 0.489 e. The van der Waals surface area contributed by atoms with E-state index in [2.05, 4.69) is 51.6 Å². The van der Waals surface area contributed by atoms with E-state index in [4.69, 9.17) is 4.74 Å². The Labute approximate surface area is 145 Å². The smallest absolute Gasteiger partial charge is 0.124 e. The first-order valence-corrected chi connectivity index (χ1v) is 8.34. The molecule has 0 spiro atoms. The third kappa shape index (κ3) is 4.60. The summed E-state index contributed by atoms with van der Waals surface area (Å²) >= 11 is 3.45. The Hall–Kier alpha value is -2.26. The highest BCUT2D eigenvalue weighted by molar-refractivity contribution is 9.10. The van der Waals surface area contributed by atoms with Crippen LogP contribution in [0.2, 0.25) is 0 Å². The molecule has 0 aliphatic rings. The summed E-state index contributed by atoms with van der Waals surface area (Å²) in [5.41, 5.74) is 3.40. The van der Waals surface area contributed by atoms with Gasteiger partial charge in [-0.05, 0) is 35.9 Å². The molecule has 0 radical (unpaired) electrons. The van der Waals surface area contributed by atoms with Gasteiger partial charge >= 0.3 is 0 Å². The lowest BCUT2D eigenvalue weighted by molar-refractivity contribution is 0.303. The van der Waals surface area contributed by atoms with Crippen LogP contribution in [0.25, 0.3) is 0 Å². The zero-order valence-corrected chi connectivity index (χ0v) is 14.3. The summed E-state index contributed by atoms with van der Waals surface area (Å²) in [6.45, 7) is 1.31. The highest BCUT2D eigenvalue weighted by Crippen LogP contribution is 2.21. The van der Waals surface area contributed by atoms with Crippen LogP contribution in [-0.4, -0.2) is 0 Å². The van der Waals surface area contributed by atoms with Crippen LogP contribution in [0.15, 0.2) is 83.3 Å². The van der Waals surface area contributed by atoms with Gasteiger partial charge in [0.05, 0.1) is 0 Å². The molecule has 0 heterocycles. The van der Waals surface area contributed by atoms with Crippen LogP contribution < -0.4 is 10.1 Å². The molecule has 0 bridgehead atoms. The Balaban J connectivity index is 1.64. The Morgan fingerprint density at radius 2 is 1.48 bits per heavy atom. The van der Waals surface area contributed by atoms with Gasteiger partial charge in [-0.1, -0.05) is 64.5 Å². The minimum atomic E-state index is 0.580. The van der Waals surface area contributed by atoms with Crippen molar-refractivity contribution in [1.82, 2.24) is 0 Å². The third-order valence-corrected chi connectivity index (χ3v) is 4.07. The van der Waals surface area contributed by atoms with E-state index in [1.165, 1.54) is 5.56 Å². The number of anilines is 1. The number of halogens is 1. The van der Waals surface area contributed by atoms with Gasteiger partial charge in [-0.15, -0.1) is 0 Å². The van der Waals surface area contributed by atoms with Gasteiger partial charge in [0.2, 0.25) is 0 Å². The first kappa shape index (κ1) is 15.6. The standard InChI is InChI=1S/C20H18BrNO/c21-18-10-12-19(13-11-18)22-14-17-8-4-5-9-20(17)23-15-16-6-2-1-3-7-16/h1-13,22H,14-15H2. The minimum absolute atomic E-state index is 0.580. The van der Waals surface area contributed by atoms with E-state index < -0.39 is 0 Å². The Kier molecular flexibility index (Phi) is 5.33. The number of para-hydroxylation sites is 1. The molecule has 116 valence electrons. The molecule has 0 saturated heterocycles. The van der Waals surface area contributed by atoms with Crippen LogP contribution in [0, 0.1) is 0 Å². The molecule has 0 aromatic heterocycles. The maximum atomic E-state index is 5.98. The SMILES string of the molecule is Brc1ccc(NCc2ccccc2OCc2ccccc2)cc1. The summed E-state index contributed by atoms with van der Waals surface area (Å²) in [7, 11) is 0. The van der Waals surface area contributed by atoms with Crippen molar-refractivity contribution in [3.8, 4) is 5.75 Å². The van der Waals surface area contributed by atoms with Crippen molar-refractivity contribution in [2.24, 2.45) is 0 Å². The number of hydrogen-bond donors (Lipinski definition) is 1. The molecule has 0 unspecified atom stereocenters. The lowest BCUT2D eigenvalue weighted by Gasteiger charge is -2.13. The van der Waals surface area contributed by atoms with Crippen molar-refractivity contribution < 1.29 is 4.74 Å². The van der Waals surface area contributed by atoms with Crippen LogP contribution in [-0.2, 0) is 13.2 Å². The van der Waals surface area contributed by atoms with Gasteiger partial charge in [0.15, 0.2) is 0 Å². The van der Waals surface area contributed by atoms with Crippen LogP contribution in [0.3, 0.4) is 0 Å². The molecule has 3 aromatic rings. The summed E-state index contributed by atoms with van der Waals surface area (Å²) in [5, 5.41) is 3.43. The van der Waals surface area contributed by atoms with Crippen LogP contribution in [0.5, 0.6) is 5.75 Å². The van der Waals surface area contributed by atoms with Crippen molar-refractivity contribution in [3.63, 3.8) is 0 Å². The number of nitrogens with one attached hydrogen (secondary N) is 1. The second-order valence-electron chi connectivity index (χ2n) is 5.24. The number of ether oxygens (including phenoxy) is 1. The Morgan fingerprint density at radius 3 is 2.26 bits per heavy atom. The molecule has 0 fully saturated rings. The summed E-state index contributed by atoms with van der Waals surface area (Å²) in [6, 6.07) is 26.5. The van der Waals surface area contributed by atoms with E-state index in [9.17, 15) is 0 Å². The quantitative estimate of drug-likeness (QED) is 0.608. The highest BCUT2D eigenvalue weighted by Gasteiger charge is 2.03. The van der Waals surface area contributed by atoms with E-state index in [0.717, 1.165) is 28.0 Å². The zero-order chi connectivity index (χ0) is 15.9. The van der Waals surface area contributed by atoms with Gasteiger partial charge in [0.25, 0.3) is 0 Å². The molecule has 23 heavy (non-hydrogen) atoms. The normalized spacial score (nSPS) is 10.3. The molecule has 0 saturated carbocycles. The van der Waals surface area contributed by atoms with E-state index in [-0.39, 0.29) is 0 Å². The molecule has 0 aliphatic heterocycles. The first-order chi connectivity index (χ1) is 11.3. The molecule has 0 atom stereocenters. The van der Waals surface area contributed by atoms with E-state index in [1.807, 2.05) is 48.5 Å². The maximum Gasteiger partial charge on any atom is 0.124 e. The summed E-state index contributed by atoms with van der Waals surface area (Å²) in [5.74, 6) is 0.918. The van der Waals surface area contributed by atoms with E-state index in [1.54, 1.807) is 0 Å². The van der Waals surface area contributed by atoms with Crippen molar-refractivity contribution in [2.75, 3.05) is 5.32 Å². The molecule has 3 heteroatoms. The predicted molar refractivity (Wildman–Crippen MR) is 98.7 cm³/mol. The number of rotatable bonds is 6.